The normalized spacial score (nSPS) is 10.1. The van der Waals surface area contributed by atoms with E-state index in [2.05, 4.69) is 10.6 Å². The molecule has 0 aromatic heterocycles. The summed E-state index contributed by atoms with van der Waals surface area (Å²) in [5.74, 6) is 1.72. The van der Waals surface area contributed by atoms with Gasteiger partial charge in [-0.25, -0.2) is 0 Å². The Bertz CT molecular complexity index is 811. The predicted octanol–water partition coefficient (Wildman–Crippen LogP) is 3.69. The van der Waals surface area contributed by atoms with E-state index in [0.717, 1.165) is 12.0 Å². The molecule has 1 amide bonds. The molecule has 2 N–H and O–H groups in total. The number of amides is 1. The summed E-state index contributed by atoms with van der Waals surface area (Å²) >= 11 is 5.23. The molecule has 0 saturated heterocycles. The van der Waals surface area contributed by atoms with Crippen LogP contribution in [0.15, 0.2) is 42.5 Å². The highest BCUT2D eigenvalue weighted by atomic mass is 32.1. The van der Waals surface area contributed by atoms with Crippen molar-refractivity contribution in [1.29, 1.82) is 0 Å². The molecule has 0 aliphatic rings. The second-order valence-electron chi connectivity index (χ2n) is 5.93. The van der Waals surface area contributed by atoms with E-state index in [1.165, 1.54) is 0 Å². The van der Waals surface area contributed by atoms with Crippen LogP contribution in [0.25, 0.3) is 0 Å². The van der Waals surface area contributed by atoms with E-state index in [1.54, 1.807) is 31.4 Å². The molecule has 7 heteroatoms. The van der Waals surface area contributed by atoms with E-state index in [1.807, 2.05) is 32.0 Å². The standard InChI is InChI=1S/C21H26N2O4S/c1-4-11-27-18-10-9-15(12-19(18)25-3)14-22-21(28)23-20(24)16-7-6-8-17(13-16)26-5-2/h6-10,12-13H,4-5,11,14H2,1-3H3,(H2,22,23,24,28). The summed E-state index contributed by atoms with van der Waals surface area (Å²) in [6.07, 6.45) is 0.925. The zero-order valence-corrected chi connectivity index (χ0v) is 17.2. The number of methoxy groups -OCH3 is 1. The van der Waals surface area contributed by atoms with Gasteiger partial charge in [-0.1, -0.05) is 19.1 Å². The molecule has 6 nitrogen and oxygen atoms in total. The SMILES string of the molecule is CCCOc1ccc(CNC(=S)NC(=O)c2cccc(OCC)c2)cc1OC. The lowest BCUT2D eigenvalue weighted by Crippen LogP contribution is -2.38. The minimum Gasteiger partial charge on any atom is -0.494 e. The number of carbonyl (C=O) groups excluding carboxylic acids is 1. The number of hydrogen-bond donors (Lipinski definition) is 2. The first-order valence-electron chi connectivity index (χ1n) is 9.19. The number of rotatable bonds is 9. The molecule has 0 unspecified atom stereocenters. The van der Waals surface area contributed by atoms with Gasteiger partial charge >= 0.3 is 0 Å². The van der Waals surface area contributed by atoms with Gasteiger partial charge in [0.05, 0.1) is 20.3 Å². The molecule has 0 fully saturated rings. The molecule has 28 heavy (non-hydrogen) atoms. The molecule has 0 atom stereocenters. The second-order valence-corrected chi connectivity index (χ2v) is 6.34. The lowest BCUT2D eigenvalue weighted by atomic mass is 10.2. The van der Waals surface area contributed by atoms with Crippen molar-refractivity contribution in [3.05, 3.63) is 53.6 Å². The van der Waals surface area contributed by atoms with Gasteiger partial charge in [0.15, 0.2) is 16.6 Å². The van der Waals surface area contributed by atoms with Crippen molar-refractivity contribution in [3.8, 4) is 17.2 Å². The van der Waals surface area contributed by atoms with E-state index in [-0.39, 0.29) is 11.0 Å². The van der Waals surface area contributed by atoms with Gasteiger partial charge in [0.25, 0.3) is 5.91 Å². The molecular formula is C21H26N2O4S. The van der Waals surface area contributed by atoms with Crippen molar-refractivity contribution in [3.63, 3.8) is 0 Å². The van der Waals surface area contributed by atoms with Crippen molar-refractivity contribution in [2.45, 2.75) is 26.8 Å². The first kappa shape index (κ1) is 21.5. The summed E-state index contributed by atoms with van der Waals surface area (Å²) in [5.41, 5.74) is 1.44. The van der Waals surface area contributed by atoms with Crippen LogP contribution in [0.5, 0.6) is 17.2 Å². The van der Waals surface area contributed by atoms with Crippen molar-refractivity contribution in [2.24, 2.45) is 0 Å². The Hall–Kier alpha value is -2.80. The Morgan fingerprint density at radius 3 is 2.61 bits per heavy atom. The highest BCUT2D eigenvalue weighted by molar-refractivity contribution is 7.80. The Balaban J connectivity index is 1.91. The van der Waals surface area contributed by atoms with Crippen molar-refractivity contribution in [1.82, 2.24) is 10.6 Å². The molecule has 0 bridgehead atoms. The van der Waals surface area contributed by atoms with Gasteiger partial charge in [0, 0.05) is 12.1 Å². The maximum atomic E-state index is 12.3. The molecule has 150 valence electrons. The zero-order chi connectivity index (χ0) is 20.4. The van der Waals surface area contributed by atoms with Gasteiger partial charge in [-0.2, -0.15) is 0 Å². The van der Waals surface area contributed by atoms with Gasteiger partial charge in [0.2, 0.25) is 0 Å². The summed E-state index contributed by atoms with van der Waals surface area (Å²) in [4.78, 5) is 12.3. The Labute approximate surface area is 171 Å². The minimum absolute atomic E-state index is 0.247. The second kappa shape index (κ2) is 11.1. The number of thiocarbonyl (C=S) groups is 1. The first-order chi connectivity index (χ1) is 13.6. The van der Waals surface area contributed by atoms with Gasteiger partial charge in [-0.05, 0) is 61.5 Å². The zero-order valence-electron chi connectivity index (χ0n) is 16.4. The van der Waals surface area contributed by atoms with Crippen molar-refractivity contribution < 1.29 is 19.0 Å². The van der Waals surface area contributed by atoms with E-state index in [0.29, 0.717) is 42.6 Å². The Morgan fingerprint density at radius 2 is 1.89 bits per heavy atom. The minimum atomic E-state index is -0.292. The third kappa shape index (κ3) is 6.42. The number of nitrogens with one attached hydrogen (secondary N) is 2. The van der Waals surface area contributed by atoms with Crippen LogP contribution in [0, 0.1) is 0 Å². The Kier molecular flexibility index (Phi) is 8.55. The predicted molar refractivity (Wildman–Crippen MR) is 113 cm³/mol. The van der Waals surface area contributed by atoms with Gasteiger partial charge in [0.1, 0.15) is 5.75 Å². The summed E-state index contributed by atoms with van der Waals surface area (Å²) in [6, 6.07) is 12.6. The van der Waals surface area contributed by atoms with Crippen LogP contribution in [0.2, 0.25) is 0 Å². The van der Waals surface area contributed by atoms with E-state index >= 15 is 0 Å². The highest BCUT2D eigenvalue weighted by Crippen LogP contribution is 2.28. The van der Waals surface area contributed by atoms with Crippen LogP contribution in [0.4, 0.5) is 0 Å². The monoisotopic (exact) mass is 402 g/mol. The molecule has 0 saturated carbocycles. The third-order valence-corrected chi connectivity index (χ3v) is 4.02. The topological polar surface area (TPSA) is 68.8 Å². The quantitative estimate of drug-likeness (QED) is 0.624. The molecule has 0 radical (unpaired) electrons. The lowest BCUT2D eigenvalue weighted by molar-refractivity contribution is 0.0976. The smallest absolute Gasteiger partial charge is 0.257 e. The van der Waals surface area contributed by atoms with E-state index in [4.69, 9.17) is 26.4 Å². The average molecular weight is 403 g/mol. The lowest BCUT2D eigenvalue weighted by Gasteiger charge is -2.13. The van der Waals surface area contributed by atoms with Crippen LogP contribution >= 0.6 is 12.2 Å². The van der Waals surface area contributed by atoms with Crippen LogP contribution in [0.1, 0.15) is 36.2 Å². The fraction of sp³-hybridized carbons (Fsp3) is 0.333. The number of hydrogen-bond acceptors (Lipinski definition) is 5. The summed E-state index contributed by atoms with van der Waals surface area (Å²) in [6.45, 7) is 5.56. The van der Waals surface area contributed by atoms with Crippen LogP contribution in [-0.2, 0) is 6.54 Å². The van der Waals surface area contributed by atoms with Gasteiger partial charge < -0.3 is 19.5 Å². The Morgan fingerprint density at radius 1 is 1.07 bits per heavy atom. The molecule has 2 aromatic rings. The number of carbonyl (C=O) groups is 1. The van der Waals surface area contributed by atoms with Crippen molar-refractivity contribution >= 4 is 23.2 Å². The largest absolute Gasteiger partial charge is 0.494 e. The maximum absolute atomic E-state index is 12.3. The fourth-order valence-corrected chi connectivity index (χ4v) is 2.61. The number of ether oxygens (including phenoxy) is 3. The fourth-order valence-electron chi connectivity index (χ4n) is 2.45. The molecular weight excluding hydrogens is 376 g/mol. The third-order valence-electron chi connectivity index (χ3n) is 3.78. The van der Waals surface area contributed by atoms with Gasteiger partial charge in [-0.3, -0.25) is 10.1 Å². The van der Waals surface area contributed by atoms with Crippen LogP contribution in [0.3, 0.4) is 0 Å². The maximum Gasteiger partial charge on any atom is 0.257 e. The molecule has 2 aromatic carbocycles. The van der Waals surface area contributed by atoms with Crippen LogP contribution < -0.4 is 24.8 Å². The highest BCUT2D eigenvalue weighted by Gasteiger charge is 2.10. The molecule has 0 aliphatic carbocycles. The molecule has 0 heterocycles. The molecule has 2 rings (SSSR count). The summed E-state index contributed by atoms with van der Waals surface area (Å²) in [5, 5.41) is 5.95. The number of benzene rings is 2. The molecule has 0 spiro atoms. The van der Waals surface area contributed by atoms with Crippen LogP contribution in [-0.4, -0.2) is 31.3 Å². The van der Waals surface area contributed by atoms with E-state index < -0.39 is 0 Å². The molecule has 0 aliphatic heterocycles. The summed E-state index contributed by atoms with van der Waals surface area (Å²) in [7, 11) is 1.60. The summed E-state index contributed by atoms with van der Waals surface area (Å²) < 4.78 is 16.4. The van der Waals surface area contributed by atoms with E-state index in [9.17, 15) is 4.79 Å². The van der Waals surface area contributed by atoms with Gasteiger partial charge in [-0.15, -0.1) is 0 Å². The average Bonchev–Trinajstić information content (AvgIpc) is 2.71. The first-order valence-corrected chi connectivity index (χ1v) is 9.60. The van der Waals surface area contributed by atoms with Crippen molar-refractivity contribution in [2.75, 3.05) is 20.3 Å².